The molecule has 1 unspecified atom stereocenters. The number of sulfone groups is 1. The Balaban J connectivity index is 2.21. The average Bonchev–Trinajstić information content (AvgIpc) is 2.70. The summed E-state index contributed by atoms with van der Waals surface area (Å²) in [5, 5.41) is 12.7. The van der Waals surface area contributed by atoms with Gasteiger partial charge in [-0.1, -0.05) is 12.1 Å². The summed E-state index contributed by atoms with van der Waals surface area (Å²) in [5.41, 5.74) is 0. The predicted molar refractivity (Wildman–Crippen MR) is 61.2 cm³/mol. The number of rotatable bonds is 3. The van der Waals surface area contributed by atoms with Crippen molar-refractivity contribution in [3.05, 3.63) is 24.3 Å². The van der Waals surface area contributed by atoms with Crippen LogP contribution in [0.1, 0.15) is 12.8 Å². The molecule has 1 aromatic carbocycles. The number of hydrogen-bond donors (Lipinski definition) is 2. The van der Waals surface area contributed by atoms with Crippen LogP contribution in [0.4, 0.5) is 0 Å². The van der Waals surface area contributed by atoms with Crippen LogP contribution in [-0.4, -0.2) is 31.9 Å². The second-order valence-electron chi connectivity index (χ2n) is 4.04. The van der Waals surface area contributed by atoms with Crippen molar-refractivity contribution in [2.75, 3.05) is 12.3 Å². The molecular weight excluding hydrogens is 226 g/mol. The molecule has 1 saturated heterocycles. The van der Waals surface area contributed by atoms with E-state index in [-0.39, 0.29) is 22.4 Å². The van der Waals surface area contributed by atoms with Gasteiger partial charge in [0.25, 0.3) is 0 Å². The maximum atomic E-state index is 12.0. The summed E-state index contributed by atoms with van der Waals surface area (Å²) < 4.78 is 24.0. The van der Waals surface area contributed by atoms with Crippen LogP contribution in [0.5, 0.6) is 5.75 Å². The van der Waals surface area contributed by atoms with Gasteiger partial charge in [0.1, 0.15) is 10.6 Å². The second-order valence-corrected chi connectivity index (χ2v) is 6.05. The van der Waals surface area contributed by atoms with Crippen molar-refractivity contribution in [3.63, 3.8) is 0 Å². The lowest BCUT2D eigenvalue weighted by Crippen LogP contribution is -2.29. The van der Waals surface area contributed by atoms with Crippen LogP contribution >= 0.6 is 0 Å². The predicted octanol–water partition coefficient (Wildman–Crippen LogP) is 0.918. The molecule has 88 valence electrons. The minimum absolute atomic E-state index is 0.0182. The molecule has 1 aliphatic heterocycles. The van der Waals surface area contributed by atoms with E-state index < -0.39 is 9.84 Å². The molecule has 2 N–H and O–H groups in total. The zero-order chi connectivity index (χ0) is 11.6. The third kappa shape index (κ3) is 2.36. The first-order chi connectivity index (χ1) is 7.59. The van der Waals surface area contributed by atoms with Crippen molar-refractivity contribution in [2.24, 2.45) is 0 Å². The highest BCUT2D eigenvalue weighted by atomic mass is 32.2. The van der Waals surface area contributed by atoms with E-state index in [2.05, 4.69) is 5.32 Å². The second kappa shape index (κ2) is 4.43. The number of phenolic OH excluding ortho intramolecular Hbond substituents is 1. The van der Waals surface area contributed by atoms with Crippen LogP contribution in [-0.2, 0) is 9.84 Å². The van der Waals surface area contributed by atoms with Crippen LogP contribution < -0.4 is 5.32 Å². The fourth-order valence-electron chi connectivity index (χ4n) is 1.97. The Bertz CT molecular complexity index is 464. The minimum Gasteiger partial charge on any atom is -0.507 e. The quantitative estimate of drug-likeness (QED) is 0.825. The Morgan fingerprint density at radius 2 is 2.12 bits per heavy atom. The van der Waals surface area contributed by atoms with Gasteiger partial charge in [-0.05, 0) is 31.5 Å². The van der Waals surface area contributed by atoms with E-state index in [0.717, 1.165) is 19.4 Å². The standard InChI is InChI=1S/C11H15NO3S/c13-10-5-1-2-6-11(10)16(14,15)8-9-4-3-7-12-9/h1-2,5-6,9,12-13H,3-4,7-8H2. The van der Waals surface area contributed by atoms with E-state index in [0.29, 0.717) is 0 Å². The van der Waals surface area contributed by atoms with Crippen LogP contribution in [0.3, 0.4) is 0 Å². The largest absolute Gasteiger partial charge is 0.507 e. The molecule has 4 nitrogen and oxygen atoms in total. The van der Waals surface area contributed by atoms with Crippen molar-refractivity contribution >= 4 is 9.84 Å². The number of nitrogens with one attached hydrogen (secondary N) is 1. The van der Waals surface area contributed by atoms with Crippen LogP contribution in [0.25, 0.3) is 0 Å². The molecule has 1 fully saturated rings. The van der Waals surface area contributed by atoms with Crippen molar-refractivity contribution in [2.45, 2.75) is 23.8 Å². The van der Waals surface area contributed by atoms with Gasteiger partial charge in [0.05, 0.1) is 5.75 Å². The Labute approximate surface area is 95.2 Å². The van der Waals surface area contributed by atoms with E-state index in [1.807, 2.05) is 0 Å². The van der Waals surface area contributed by atoms with Crippen molar-refractivity contribution in [1.29, 1.82) is 0 Å². The number of para-hydroxylation sites is 1. The summed E-state index contributed by atoms with van der Waals surface area (Å²) in [6, 6.07) is 6.09. The molecule has 1 aliphatic rings. The van der Waals surface area contributed by atoms with Crippen molar-refractivity contribution in [3.8, 4) is 5.75 Å². The third-order valence-electron chi connectivity index (χ3n) is 2.78. The summed E-state index contributed by atoms with van der Waals surface area (Å²) in [6.45, 7) is 0.876. The molecule has 0 amide bonds. The fraction of sp³-hybridized carbons (Fsp3) is 0.455. The van der Waals surface area contributed by atoms with E-state index >= 15 is 0 Å². The lowest BCUT2D eigenvalue weighted by molar-refractivity contribution is 0.458. The Morgan fingerprint density at radius 3 is 2.75 bits per heavy atom. The summed E-state index contributed by atoms with van der Waals surface area (Å²) in [7, 11) is -3.39. The molecule has 0 aliphatic carbocycles. The number of phenols is 1. The SMILES string of the molecule is O=S(=O)(CC1CCCN1)c1ccccc1O. The highest BCUT2D eigenvalue weighted by molar-refractivity contribution is 7.91. The zero-order valence-corrected chi connectivity index (χ0v) is 9.70. The molecule has 1 aromatic rings. The van der Waals surface area contributed by atoms with Gasteiger partial charge in [0.2, 0.25) is 0 Å². The number of hydrogen-bond acceptors (Lipinski definition) is 4. The lowest BCUT2D eigenvalue weighted by atomic mass is 10.3. The van der Waals surface area contributed by atoms with Gasteiger partial charge >= 0.3 is 0 Å². The third-order valence-corrected chi connectivity index (χ3v) is 4.64. The molecular formula is C11H15NO3S. The highest BCUT2D eigenvalue weighted by Gasteiger charge is 2.25. The number of aromatic hydroxyl groups is 1. The minimum atomic E-state index is -3.39. The summed E-state index contributed by atoms with van der Waals surface area (Å²) in [5.74, 6) is -0.106. The molecule has 0 spiro atoms. The maximum absolute atomic E-state index is 12.0. The van der Waals surface area contributed by atoms with Crippen molar-refractivity contribution in [1.82, 2.24) is 5.32 Å². The van der Waals surface area contributed by atoms with Gasteiger partial charge in [-0.15, -0.1) is 0 Å². The van der Waals surface area contributed by atoms with Crippen LogP contribution in [0.15, 0.2) is 29.2 Å². The molecule has 0 aromatic heterocycles. The Kier molecular flexibility index (Phi) is 3.16. The molecule has 16 heavy (non-hydrogen) atoms. The first-order valence-corrected chi connectivity index (χ1v) is 6.99. The highest BCUT2D eigenvalue weighted by Crippen LogP contribution is 2.24. The summed E-state index contributed by atoms with van der Waals surface area (Å²) in [4.78, 5) is 0.0312. The molecule has 0 radical (unpaired) electrons. The van der Waals surface area contributed by atoms with Gasteiger partial charge in [-0.3, -0.25) is 0 Å². The summed E-state index contributed by atoms with van der Waals surface area (Å²) >= 11 is 0. The first kappa shape index (κ1) is 11.4. The van der Waals surface area contributed by atoms with Crippen LogP contribution in [0, 0.1) is 0 Å². The summed E-state index contributed by atoms with van der Waals surface area (Å²) in [6.07, 6.45) is 1.90. The molecule has 5 heteroatoms. The topological polar surface area (TPSA) is 66.4 Å². The number of benzene rings is 1. The molecule has 1 heterocycles. The van der Waals surface area contributed by atoms with E-state index in [4.69, 9.17) is 0 Å². The average molecular weight is 241 g/mol. The molecule has 2 rings (SSSR count). The van der Waals surface area contributed by atoms with E-state index in [1.54, 1.807) is 12.1 Å². The maximum Gasteiger partial charge on any atom is 0.183 e. The van der Waals surface area contributed by atoms with Crippen LogP contribution in [0.2, 0.25) is 0 Å². The molecule has 0 bridgehead atoms. The Hall–Kier alpha value is -1.07. The lowest BCUT2D eigenvalue weighted by Gasteiger charge is -2.11. The van der Waals surface area contributed by atoms with Gasteiger partial charge in [-0.25, -0.2) is 8.42 Å². The van der Waals surface area contributed by atoms with Gasteiger partial charge < -0.3 is 10.4 Å². The first-order valence-electron chi connectivity index (χ1n) is 5.34. The van der Waals surface area contributed by atoms with Crippen molar-refractivity contribution < 1.29 is 13.5 Å². The van der Waals surface area contributed by atoms with E-state index in [9.17, 15) is 13.5 Å². The smallest absolute Gasteiger partial charge is 0.183 e. The Morgan fingerprint density at radius 1 is 1.38 bits per heavy atom. The zero-order valence-electron chi connectivity index (χ0n) is 8.89. The fourth-order valence-corrected chi connectivity index (χ4v) is 3.64. The van der Waals surface area contributed by atoms with Gasteiger partial charge in [-0.2, -0.15) is 0 Å². The van der Waals surface area contributed by atoms with E-state index in [1.165, 1.54) is 12.1 Å². The molecule has 1 atom stereocenters. The van der Waals surface area contributed by atoms with Gasteiger partial charge in [0, 0.05) is 6.04 Å². The monoisotopic (exact) mass is 241 g/mol. The van der Waals surface area contributed by atoms with Gasteiger partial charge in [0.15, 0.2) is 9.84 Å². The molecule has 0 saturated carbocycles. The normalized spacial score (nSPS) is 21.1.